The van der Waals surface area contributed by atoms with Crippen LogP contribution in [-0.2, 0) is 4.79 Å². The van der Waals surface area contributed by atoms with Crippen LogP contribution in [0, 0.1) is 0 Å². The highest BCUT2D eigenvalue weighted by Gasteiger charge is 1.69. The molecule has 0 rings (SSSR count). The average molecular weight is 164 g/mol. The Hall–Kier alpha value is -0.410. The van der Waals surface area contributed by atoms with Crippen molar-refractivity contribution in [2.75, 3.05) is 6.61 Å². The second-order valence-electron chi connectivity index (χ2n) is 2.32. The van der Waals surface area contributed by atoms with Gasteiger partial charge in [-0.15, -0.1) is 0 Å². The largest absolute Gasteiger partial charge is 0.397 e. The molecule has 0 heterocycles. The van der Waals surface area contributed by atoms with Gasteiger partial charge >= 0.3 is 0 Å². The van der Waals surface area contributed by atoms with Crippen molar-refractivity contribution in [2.24, 2.45) is 0 Å². The smallest absolute Gasteiger partial charge is 0.126 e. The summed E-state index contributed by atoms with van der Waals surface area (Å²) in [7, 11) is 0. The Labute approximate surface area is 69.1 Å². The van der Waals surface area contributed by atoms with Crippen molar-refractivity contribution in [3.63, 3.8) is 0 Å². The maximum Gasteiger partial charge on any atom is 0.126 e. The fourth-order valence-corrected chi connectivity index (χ4v) is 0. The Kier molecular flexibility index (Phi) is 25.0. The van der Waals surface area contributed by atoms with Crippen LogP contribution in [0.5, 0.6) is 0 Å². The van der Waals surface area contributed by atoms with E-state index in [0.29, 0.717) is 0 Å². The number of Topliss-reactive ketones (excluding diaryl/α,β-unsaturated/α-hetero) is 1. The maximum absolute atomic E-state index is 9.44. The number of rotatable bonds is 0. The second-order valence-corrected chi connectivity index (χ2v) is 2.32. The minimum absolute atomic E-state index is 0.167. The fraction of sp³-hybridized carbons (Fsp3) is 0.875. The van der Waals surface area contributed by atoms with Crippen molar-refractivity contribution >= 4 is 5.78 Å². The second kappa shape index (κ2) is 16.3. The molecule has 3 nitrogen and oxygen atoms in total. The van der Waals surface area contributed by atoms with Gasteiger partial charge in [-0.3, -0.25) is 0 Å². The molecular weight excluding hydrogens is 144 g/mol. The summed E-state index contributed by atoms with van der Waals surface area (Å²) < 4.78 is 0. The Balaban J connectivity index is -0.0000000886. The molecule has 0 aliphatic heterocycles. The third-order valence-electron chi connectivity index (χ3n) is 0. The van der Waals surface area contributed by atoms with Crippen LogP contribution < -0.4 is 0 Å². The number of hydrogen-bond acceptors (Lipinski definition) is 3. The molecule has 0 spiro atoms. The van der Waals surface area contributed by atoms with E-state index in [0.717, 1.165) is 0 Å². The summed E-state index contributed by atoms with van der Waals surface area (Å²) in [5.74, 6) is 0.167. The lowest BCUT2D eigenvalue weighted by molar-refractivity contribution is -0.114. The van der Waals surface area contributed by atoms with E-state index in [1.54, 1.807) is 20.8 Å². The first-order valence-electron chi connectivity index (χ1n) is 3.64. The van der Waals surface area contributed by atoms with Crippen molar-refractivity contribution in [1.29, 1.82) is 0 Å². The third-order valence-corrected chi connectivity index (χ3v) is 0. The minimum atomic E-state index is -0.167. The van der Waals surface area contributed by atoms with Crippen LogP contribution >= 0.6 is 0 Å². The fourth-order valence-electron chi connectivity index (χ4n) is 0. The van der Waals surface area contributed by atoms with Crippen LogP contribution in [-0.4, -0.2) is 28.7 Å². The summed E-state index contributed by atoms with van der Waals surface area (Å²) in [5, 5.41) is 15.6. The predicted molar refractivity (Wildman–Crippen MR) is 46.5 cm³/mol. The molecular formula is C8H20O3. The van der Waals surface area contributed by atoms with Gasteiger partial charge in [0.2, 0.25) is 0 Å². The lowest BCUT2D eigenvalue weighted by Crippen LogP contribution is -1.85. The Morgan fingerprint density at radius 3 is 1.36 bits per heavy atom. The molecule has 0 aromatic rings. The Morgan fingerprint density at radius 2 is 1.36 bits per heavy atom. The molecule has 0 amide bonds. The van der Waals surface area contributed by atoms with Crippen LogP contribution in [0.25, 0.3) is 0 Å². The van der Waals surface area contributed by atoms with Gasteiger partial charge in [-0.05, 0) is 34.6 Å². The zero-order chi connectivity index (χ0) is 9.86. The van der Waals surface area contributed by atoms with Gasteiger partial charge < -0.3 is 15.0 Å². The first kappa shape index (κ1) is 16.9. The van der Waals surface area contributed by atoms with Crippen molar-refractivity contribution < 1.29 is 15.0 Å². The molecule has 0 saturated carbocycles. The number of carbonyl (C=O) groups is 1. The number of aliphatic hydroxyl groups excluding tert-OH is 2. The number of carbonyl (C=O) groups excluding carboxylic acids is 1. The lowest BCUT2D eigenvalue weighted by Gasteiger charge is -1.80. The van der Waals surface area contributed by atoms with Crippen molar-refractivity contribution in [3.8, 4) is 0 Å². The highest BCUT2D eigenvalue weighted by molar-refractivity contribution is 5.72. The van der Waals surface area contributed by atoms with Crippen LogP contribution in [0.15, 0.2) is 0 Å². The molecule has 0 fully saturated rings. The van der Waals surface area contributed by atoms with E-state index in [9.17, 15) is 4.79 Å². The average Bonchev–Trinajstić information content (AvgIpc) is 1.60. The normalized spacial score (nSPS) is 7.27. The van der Waals surface area contributed by atoms with Crippen molar-refractivity contribution in [2.45, 2.75) is 40.7 Å². The highest BCUT2D eigenvalue weighted by Crippen LogP contribution is 1.65. The maximum atomic E-state index is 9.44. The summed E-state index contributed by atoms with van der Waals surface area (Å²) in [5.41, 5.74) is 0. The summed E-state index contributed by atoms with van der Waals surface area (Å²) in [4.78, 5) is 9.44. The summed E-state index contributed by atoms with van der Waals surface area (Å²) in [6.07, 6.45) is -0.167. The van der Waals surface area contributed by atoms with Gasteiger partial charge in [-0.2, -0.15) is 0 Å². The Bertz CT molecular complexity index is 63.0. The van der Waals surface area contributed by atoms with E-state index < -0.39 is 0 Å². The molecule has 2 N–H and O–H groups in total. The van der Waals surface area contributed by atoms with Crippen LogP contribution in [0.2, 0.25) is 0 Å². The topological polar surface area (TPSA) is 57.5 Å². The van der Waals surface area contributed by atoms with Crippen molar-refractivity contribution in [1.82, 2.24) is 0 Å². The molecule has 0 unspecified atom stereocenters. The van der Waals surface area contributed by atoms with Gasteiger partial charge in [-0.25, -0.2) is 0 Å². The summed E-state index contributed by atoms with van der Waals surface area (Å²) in [6.45, 7) is 8.43. The zero-order valence-corrected chi connectivity index (χ0v) is 8.09. The minimum Gasteiger partial charge on any atom is -0.397 e. The lowest BCUT2D eigenvalue weighted by atomic mass is 10.5. The number of hydrogen-bond donors (Lipinski definition) is 2. The Morgan fingerprint density at radius 1 is 1.36 bits per heavy atom. The SMILES string of the molecule is CC(C)=O.CC(C)O.CCO. The molecule has 0 aliphatic rings. The number of aliphatic hydroxyl groups is 2. The molecule has 3 heteroatoms. The van der Waals surface area contributed by atoms with Crippen LogP contribution in [0.4, 0.5) is 0 Å². The van der Waals surface area contributed by atoms with E-state index in [1.807, 2.05) is 0 Å². The molecule has 0 aromatic carbocycles. The van der Waals surface area contributed by atoms with Gasteiger partial charge in [-0.1, -0.05) is 0 Å². The van der Waals surface area contributed by atoms with Gasteiger partial charge in [0.15, 0.2) is 0 Å². The standard InChI is InChI=1S/C3H8O.C3H6O.C2H6O/c2*1-3(2)4;1-2-3/h3-4H,1-2H3;1-2H3;3H,2H2,1H3. The molecule has 11 heavy (non-hydrogen) atoms. The highest BCUT2D eigenvalue weighted by atomic mass is 16.3. The van der Waals surface area contributed by atoms with Gasteiger partial charge in [0.05, 0.1) is 0 Å². The first-order valence-corrected chi connectivity index (χ1v) is 3.64. The molecule has 0 aliphatic carbocycles. The van der Waals surface area contributed by atoms with Crippen LogP contribution in [0.3, 0.4) is 0 Å². The molecule has 0 radical (unpaired) electrons. The van der Waals surface area contributed by atoms with Gasteiger partial charge in [0.1, 0.15) is 5.78 Å². The molecule has 0 bridgehead atoms. The van der Waals surface area contributed by atoms with E-state index in [-0.39, 0.29) is 18.5 Å². The van der Waals surface area contributed by atoms with E-state index in [1.165, 1.54) is 13.8 Å². The third kappa shape index (κ3) is 3290. The molecule has 0 aromatic heterocycles. The first-order chi connectivity index (χ1) is 4.88. The van der Waals surface area contributed by atoms with Crippen LogP contribution in [0.1, 0.15) is 34.6 Å². The monoisotopic (exact) mass is 164 g/mol. The summed E-state index contributed by atoms with van der Waals surface area (Å²) in [6, 6.07) is 0. The summed E-state index contributed by atoms with van der Waals surface area (Å²) >= 11 is 0. The van der Waals surface area contributed by atoms with Gasteiger partial charge in [0.25, 0.3) is 0 Å². The quantitative estimate of drug-likeness (QED) is 0.561. The molecule has 0 atom stereocenters. The number of ketones is 1. The molecule has 0 saturated heterocycles. The molecule has 70 valence electrons. The van der Waals surface area contributed by atoms with Gasteiger partial charge in [0, 0.05) is 12.7 Å². The predicted octanol–water partition coefficient (Wildman–Crippen LogP) is 0.981. The van der Waals surface area contributed by atoms with E-state index >= 15 is 0 Å². The van der Waals surface area contributed by atoms with Crippen molar-refractivity contribution in [3.05, 3.63) is 0 Å². The van der Waals surface area contributed by atoms with E-state index in [4.69, 9.17) is 10.2 Å². The zero-order valence-electron chi connectivity index (χ0n) is 8.09. The van der Waals surface area contributed by atoms with E-state index in [2.05, 4.69) is 0 Å².